The van der Waals surface area contributed by atoms with Crippen LogP contribution in [0.3, 0.4) is 0 Å². The fraction of sp³-hybridized carbons (Fsp3) is 0.529. The molecule has 0 bridgehead atoms. The van der Waals surface area contributed by atoms with Crippen LogP contribution >= 0.6 is 0 Å². The zero-order chi connectivity index (χ0) is 14.8. The lowest BCUT2D eigenvalue weighted by atomic mass is 10.0. The van der Waals surface area contributed by atoms with Crippen LogP contribution in [0, 0.1) is 11.8 Å². The molecule has 0 spiro atoms. The van der Waals surface area contributed by atoms with Crippen LogP contribution in [-0.4, -0.2) is 20.8 Å². The quantitative estimate of drug-likeness (QED) is 0.736. The Morgan fingerprint density at radius 1 is 1.25 bits per heavy atom. The van der Waals surface area contributed by atoms with E-state index in [1.54, 1.807) is 14.2 Å². The van der Waals surface area contributed by atoms with Crippen molar-refractivity contribution >= 4 is 0 Å². The summed E-state index contributed by atoms with van der Waals surface area (Å²) in [6.07, 6.45) is 2.96. The molecule has 0 heterocycles. The summed E-state index contributed by atoms with van der Waals surface area (Å²) in [5, 5.41) is 3.57. The summed E-state index contributed by atoms with van der Waals surface area (Å²) in [4.78, 5) is 0. The van der Waals surface area contributed by atoms with Crippen molar-refractivity contribution in [3.05, 3.63) is 23.8 Å². The first-order valence-corrected chi connectivity index (χ1v) is 7.11. The molecule has 1 aromatic rings. The van der Waals surface area contributed by atoms with E-state index >= 15 is 0 Å². The first-order chi connectivity index (χ1) is 9.76. The smallest absolute Gasteiger partial charge is 0.127 e. The van der Waals surface area contributed by atoms with Gasteiger partial charge >= 0.3 is 0 Å². The Kier molecular flexibility index (Phi) is 7.60. The highest BCUT2D eigenvalue weighted by atomic mass is 16.5. The van der Waals surface area contributed by atoms with E-state index in [9.17, 15) is 0 Å². The van der Waals surface area contributed by atoms with Gasteiger partial charge in [0.15, 0.2) is 0 Å². The first-order valence-electron chi connectivity index (χ1n) is 7.11. The number of benzene rings is 1. The Hall–Kier alpha value is -1.66. The highest BCUT2D eigenvalue weighted by molar-refractivity contribution is 5.42. The molecule has 0 fully saturated rings. The fourth-order valence-electron chi connectivity index (χ4n) is 2.13. The Bertz CT molecular complexity index is 460. The maximum absolute atomic E-state index is 5.50. The van der Waals surface area contributed by atoms with Gasteiger partial charge in [0, 0.05) is 24.1 Å². The summed E-state index contributed by atoms with van der Waals surface area (Å²) in [6, 6.07) is 6.24. The molecule has 0 aliphatic carbocycles. The second-order valence-electron chi connectivity index (χ2n) is 4.58. The third kappa shape index (κ3) is 4.79. The molecule has 1 unspecified atom stereocenters. The SMILES string of the molecule is CC#CCCC(NCCC)c1ccc(OC)cc1OC. The molecule has 1 aromatic carbocycles. The van der Waals surface area contributed by atoms with Crippen molar-refractivity contribution in [2.24, 2.45) is 0 Å². The lowest BCUT2D eigenvalue weighted by Crippen LogP contribution is -2.22. The zero-order valence-corrected chi connectivity index (χ0v) is 13.0. The average molecular weight is 275 g/mol. The third-order valence-corrected chi connectivity index (χ3v) is 3.19. The minimum Gasteiger partial charge on any atom is -0.497 e. The van der Waals surface area contributed by atoms with Gasteiger partial charge in [-0.05, 0) is 32.4 Å². The minimum absolute atomic E-state index is 0.261. The van der Waals surface area contributed by atoms with Crippen LogP contribution in [0.15, 0.2) is 18.2 Å². The molecule has 0 aliphatic rings. The second kappa shape index (κ2) is 9.28. The van der Waals surface area contributed by atoms with Gasteiger partial charge in [0.25, 0.3) is 0 Å². The van der Waals surface area contributed by atoms with Crippen LogP contribution in [0.5, 0.6) is 11.5 Å². The summed E-state index contributed by atoms with van der Waals surface area (Å²) < 4.78 is 10.7. The highest BCUT2D eigenvalue weighted by Crippen LogP contribution is 2.31. The molecular weight excluding hydrogens is 250 g/mol. The van der Waals surface area contributed by atoms with Gasteiger partial charge in [0.1, 0.15) is 11.5 Å². The van der Waals surface area contributed by atoms with Crippen LogP contribution in [-0.2, 0) is 0 Å². The van der Waals surface area contributed by atoms with E-state index in [1.165, 1.54) is 5.56 Å². The number of hydrogen-bond acceptors (Lipinski definition) is 3. The maximum atomic E-state index is 5.50. The Labute approximate surface area is 122 Å². The Morgan fingerprint density at radius 3 is 2.65 bits per heavy atom. The molecule has 3 heteroatoms. The van der Waals surface area contributed by atoms with Crippen molar-refractivity contribution in [2.75, 3.05) is 20.8 Å². The number of rotatable bonds is 8. The molecule has 0 radical (unpaired) electrons. The molecule has 0 aliphatic heterocycles. The summed E-state index contributed by atoms with van der Waals surface area (Å²) in [7, 11) is 3.36. The van der Waals surface area contributed by atoms with Gasteiger partial charge in [0.05, 0.1) is 14.2 Å². The van der Waals surface area contributed by atoms with Crippen molar-refractivity contribution in [3.8, 4) is 23.3 Å². The summed E-state index contributed by atoms with van der Waals surface area (Å²) >= 11 is 0. The lowest BCUT2D eigenvalue weighted by Gasteiger charge is -2.21. The van der Waals surface area contributed by atoms with E-state index in [0.717, 1.165) is 37.3 Å². The summed E-state index contributed by atoms with van der Waals surface area (Å²) in [5.74, 6) is 7.75. The van der Waals surface area contributed by atoms with Gasteiger partial charge in [-0.15, -0.1) is 11.8 Å². The Balaban J connectivity index is 2.94. The van der Waals surface area contributed by atoms with Gasteiger partial charge < -0.3 is 14.8 Å². The van der Waals surface area contributed by atoms with Gasteiger partial charge in [0.2, 0.25) is 0 Å². The number of ether oxygens (including phenoxy) is 2. The maximum Gasteiger partial charge on any atom is 0.127 e. The molecule has 1 atom stereocenters. The molecule has 3 nitrogen and oxygen atoms in total. The molecule has 1 rings (SSSR count). The molecule has 1 N–H and O–H groups in total. The molecular formula is C17H25NO2. The molecule has 20 heavy (non-hydrogen) atoms. The first kappa shape index (κ1) is 16.4. The van der Waals surface area contributed by atoms with E-state index in [2.05, 4.69) is 30.1 Å². The van der Waals surface area contributed by atoms with E-state index in [4.69, 9.17) is 9.47 Å². The zero-order valence-electron chi connectivity index (χ0n) is 13.0. The standard InChI is InChI=1S/C17H25NO2/c1-5-7-8-9-16(18-12-6-2)15-11-10-14(19-3)13-17(15)20-4/h10-11,13,16,18H,6,8-9,12H2,1-4H3. The number of hydrogen-bond donors (Lipinski definition) is 1. The third-order valence-electron chi connectivity index (χ3n) is 3.19. The van der Waals surface area contributed by atoms with E-state index in [0.29, 0.717) is 0 Å². The molecule has 0 saturated carbocycles. The van der Waals surface area contributed by atoms with Gasteiger partial charge in [-0.25, -0.2) is 0 Å². The lowest BCUT2D eigenvalue weighted by molar-refractivity contribution is 0.382. The predicted octanol–water partition coefficient (Wildman–Crippen LogP) is 3.55. The minimum atomic E-state index is 0.261. The predicted molar refractivity (Wildman–Crippen MR) is 83.3 cm³/mol. The highest BCUT2D eigenvalue weighted by Gasteiger charge is 2.15. The fourth-order valence-corrected chi connectivity index (χ4v) is 2.13. The topological polar surface area (TPSA) is 30.5 Å². The van der Waals surface area contributed by atoms with Crippen molar-refractivity contribution < 1.29 is 9.47 Å². The summed E-state index contributed by atoms with van der Waals surface area (Å²) in [6.45, 7) is 5.03. The van der Waals surface area contributed by atoms with Crippen molar-refractivity contribution in [1.82, 2.24) is 5.32 Å². The molecule has 110 valence electrons. The average Bonchev–Trinajstić information content (AvgIpc) is 2.50. The largest absolute Gasteiger partial charge is 0.497 e. The van der Waals surface area contributed by atoms with Crippen molar-refractivity contribution in [1.29, 1.82) is 0 Å². The number of methoxy groups -OCH3 is 2. The van der Waals surface area contributed by atoms with Crippen molar-refractivity contribution in [3.63, 3.8) is 0 Å². The van der Waals surface area contributed by atoms with Crippen LogP contribution < -0.4 is 14.8 Å². The van der Waals surface area contributed by atoms with Crippen LogP contribution in [0.25, 0.3) is 0 Å². The van der Waals surface area contributed by atoms with Gasteiger partial charge in [-0.2, -0.15) is 0 Å². The summed E-state index contributed by atoms with van der Waals surface area (Å²) in [5.41, 5.74) is 1.17. The second-order valence-corrected chi connectivity index (χ2v) is 4.58. The van der Waals surface area contributed by atoms with E-state index in [-0.39, 0.29) is 6.04 Å². The monoisotopic (exact) mass is 275 g/mol. The van der Waals surface area contributed by atoms with Gasteiger partial charge in [-0.3, -0.25) is 0 Å². The molecule has 0 amide bonds. The Morgan fingerprint density at radius 2 is 2.05 bits per heavy atom. The molecule has 0 saturated heterocycles. The van der Waals surface area contributed by atoms with Crippen LogP contribution in [0.1, 0.15) is 44.7 Å². The van der Waals surface area contributed by atoms with Crippen LogP contribution in [0.2, 0.25) is 0 Å². The van der Waals surface area contributed by atoms with E-state index < -0.39 is 0 Å². The van der Waals surface area contributed by atoms with Crippen LogP contribution in [0.4, 0.5) is 0 Å². The van der Waals surface area contributed by atoms with Gasteiger partial charge in [-0.1, -0.05) is 13.0 Å². The van der Waals surface area contributed by atoms with Crippen molar-refractivity contribution in [2.45, 2.75) is 39.2 Å². The van der Waals surface area contributed by atoms with E-state index in [1.807, 2.05) is 19.1 Å². The normalized spacial score (nSPS) is 11.4. The number of nitrogens with one attached hydrogen (secondary N) is 1. The molecule has 0 aromatic heterocycles.